The van der Waals surface area contributed by atoms with Crippen molar-refractivity contribution in [2.75, 3.05) is 11.9 Å². The van der Waals surface area contributed by atoms with Crippen molar-refractivity contribution < 1.29 is 4.42 Å². The summed E-state index contributed by atoms with van der Waals surface area (Å²) < 4.78 is 6.37. The Morgan fingerprint density at radius 1 is 1.43 bits per heavy atom. The molecule has 0 aliphatic heterocycles. The van der Waals surface area contributed by atoms with Gasteiger partial charge in [0.25, 0.3) is 0 Å². The average Bonchev–Trinajstić information content (AvgIpc) is 3.15. The Bertz CT molecular complexity index is 800. The van der Waals surface area contributed by atoms with E-state index in [2.05, 4.69) is 29.1 Å². The molecule has 1 unspecified atom stereocenters. The summed E-state index contributed by atoms with van der Waals surface area (Å²) in [6, 6.07) is 3.78. The van der Waals surface area contributed by atoms with Crippen LogP contribution < -0.4 is 11.1 Å². The lowest BCUT2D eigenvalue weighted by Crippen LogP contribution is -2.12. The predicted molar refractivity (Wildman–Crippen MR) is 95.1 cm³/mol. The molecule has 0 saturated carbocycles. The summed E-state index contributed by atoms with van der Waals surface area (Å²) in [5, 5.41) is 3.54. The van der Waals surface area contributed by atoms with Gasteiger partial charge in [-0.1, -0.05) is 6.92 Å². The summed E-state index contributed by atoms with van der Waals surface area (Å²) >= 11 is 7.81. The molecule has 1 atom stereocenters. The number of nitrogens with zero attached hydrogens (tertiary/aromatic N) is 2. The van der Waals surface area contributed by atoms with Crippen LogP contribution in [0, 0.1) is 12.8 Å². The highest BCUT2D eigenvalue weighted by molar-refractivity contribution is 7.19. The van der Waals surface area contributed by atoms with Gasteiger partial charge in [0.1, 0.15) is 11.6 Å². The summed E-state index contributed by atoms with van der Waals surface area (Å²) in [4.78, 5) is 10.0. The maximum absolute atomic E-state index is 6.10. The van der Waals surface area contributed by atoms with E-state index in [4.69, 9.17) is 21.8 Å². The molecular formula is C16H19ClN4OS. The van der Waals surface area contributed by atoms with Gasteiger partial charge in [-0.2, -0.15) is 4.98 Å². The number of furan rings is 1. The number of nitrogens with one attached hydrogen (secondary N) is 1. The van der Waals surface area contributed by atoms with Gasteiger partial charge in [0, 0.05) is 4.88 Å². The highest BCUT2D eigenvalue weighted by Crippen LogP contribution is 2.36. The van der Waals surface area contributed by atoms with Gasteiger partial charge >= 0.3 is 0 Å². The van der Waals surface area contributed by atoms with Crippen LogP contribution in [0.1, 0.15) is 23.1 Å². The van der Waals surface area contributed by atoms with E-state index in [9.17, 15) is 0 Å². The van der Waals surface area contributed by atoms with Crippen LogP contribution in [0.25, 0.3) is 10.2 Å². The Balaban J connectivity index is 1.95. The van der Waals surface area contributed by atoms with Crippen molar-refractivity contribution in [3.63, 3.8) is 0 Å². The Labute approximate surface area is 143 Å². The van der Waals surface area contributed by atoms with Crippen molar-refractivity contribution in [3.05, 3.63) is 39.9 Å². The molecule has 0 fully saturated rings. The fraction of sp³-hybridized carbons (Fsp3) is 0.375. The molecule has 0 amide bonds. The van der Waals surface area contributed by atoms with E-state index in [1.54, 1.807) is 17.6 Å². The number of anilines is 1. The molecule has 122 valence electrons. The molecule has 3 N–H and O–H groups in total. The van der Waals surface area contributed by atoms with E-state index in [1.165, 1.54) is 4.88 Å². The van der Waals surface area contributed by atoms with Crippen LogP contribution in [-0.4, -0.2) is 16.5 Å². The van der Waals surface area contributed by atoms with Crippen molar-refractivity contribution in [1.29, 1.82) is 0 Å². The number of thiophene rings is 1. The molecule has 0 aromatic carbocycles. The summed E-state index contributed by atoms with van der Waals surface area (Å²) in [7, 11) is 0. The third kappa shape index (κ3) is 3.49. The summed E-state index contributed by atoms with van der Waals surface area (Å²) in [6.07, 6.45) is 2.60. The topological polar surface area (TPSA) is 77.0 Å². The monoisotopic (exact) mass is 350 g/mol. The second-order valence-corrected chi connectivity index (χ2v) is 7.09. The Morgan fingerprint density at radius 3 is 2.96 bits per heavy atom. The number of fused-ring (bicyclic) bond motifs is 1. The second kappa shape index (κ2) is 6.86. The zero-order chi connectivity index (χ0) is 16.4. The van der Waals surface area contributed by atoms with Gasteiger partial charge in [-0.05, 0) is 55.1 Å². The Hall–Kier alpha value is -1.63. The largest absolute Gasteiger partial charge is 0.467 e. The lowest BCUT2D eigenvalue weighted by atomic mass is 10.1. The van der Waals surface area contributed by atoms with Crippen LogP contribution in [0.2, 0.25) is 5.28 Å². The third-order valence-corrected chi connectivity index (χ3v) is 5.26. The highest BCUT2D eigenvalue weighted by Gasteiger charge is 2.17. The van der Waals surface area contributed by atoms with Gasteiger partial charge in [-0.15, -0.1) is 11.3 Å². The van der Waals surface area contributed by atoms with Gasteiger partial charge in [0.05, 0.1) is 23.0 Å². The average molecular weight is 351 g/mol. The van der Waals surface area contributed by atoms with Crippen LogP contribution >= 0.6 is 22.9 Å². The molecule has 0 aliphatic carbocycles. The maximum Gasteiger partial charge on any atom is 0.224 e. The van der Waals surface area contributed by atoms with E-state index in [1.807, 2.05) is 12.1 Å². The van der Waals surface area contributed by atoms with Crippen LogP contribution in [0.15, 0.2) is 22.8 Å². The second-order valence-electron chi connectivity index (χ2n) is 5.65. The molecule has 0 bridgehead atoms. The fourth-order valence-corrected chi connectivity index (χ4v) is 3.95. The number of aromatic nitrogens is 2. The first-order valence-corrected chi connectivity index (χ1v) is 8.69. The lowest BCUT2D eigenvalue weighted by molar-refractivity contribution is 0.518. The molecule has 3 aromatic rings. The summed E-state index contributed by atoms with van der Waals surface area (Å²) in [6.45, 7) is 5.46. The molecule has 0 saturated heterocycles. The number of halogens is 1. The van der Waals surface area contributed by atoms with Crippen molar-refractivity contribution in [2.24, 2.45) is 11.7 Å². The zero-order valence-corrected chi connectivity index (χ0v) is 14.7. The molecule has 5 nitrogen and oxygen atoms in total. The summed E-state index contributed by atoms with van der Waals surface area (Å²) in [5.74, 6) is 2.03. The Kier molecular flexibility index (Phi) is 4.84. The van der Waals surface area contributed by atoms with Crippen LogP contribution in [-0.2, 0) is 13.0 Å². The van der Waals surface area contributed by atoms with E-state index in [-0.39, 0.29) is 5.28 Å². The van der Waals surface area contributed by atoms with E-state index < -0.39 is 0 Å². The number of nitrogens with two attached hydrogens (primary N) is 1. The van der Waals surface area contributed by atoms with Gasteiger partial charge in [-0.3, -0.25) is 0 Å². The molecule has 3 aromatic heterocycles. The number of rotatable bonds is 6. The quantitative estimate of drug-likeness (QED) is 0.657. The van der Waals surface area contributed by atoms with Crippen molar-refractivity contribution in [1.82, 2.24) is 9.97 Å². The number of hydrogen-bond donors (Lipinski definition) is 2. The first-order valence-electron chi connectivity index (χ1n) is 7.50. The first-order chi connectivity index (χ1) is 11.1. The molecular weight excluding hydrogens is 332 g/mol. The minimum absolute atomic E-state index is 0.249. The third-order valence-electron chi connectivity index (χ3n) is 3.78. The van der Waals surface area contributed by atoms with Crippen molar-refractivity contribution >= 4 is 39.0 Å². The maximum atomic E-state index is 6.10. The normalized spacial score (nSPS) is 12.7. The van der Waals surface area contributed by atoms with Gasteiger partial charge in [0.15, 0.2) is 0 Å². The molecule has 0 aliphatic rings. The first kappa shape index (κ1) is 16.2. The number of hydrogen-bond acceptors (Lipinski definition) is 6. The standard InChI is InChI=1S/C16H19ClN4OS/c1-9(7-18)6-12-10(2)13-14(23-12)15(21-16(17)20-13)19-8-11-4-3-5-22-11/h3-5,9H,6-8,18H2,1-2H3,(H,19,20,21). The van der Waals surface area contributed by atoms with E-state index in [0.717, 1.165) is 33.8 Å². The SMILES string of the molecule is Cc1c(CC(C)CN)sc2c(NCc3ccco3)nc(Cl)nc12. The minimum atomic E-state index is 0.249. The molecule has 0 spiro atoms. The van der Waals surface area contributed by atoms with E-state index >= 15 is 0 Å². The van der Waals surface area contributed by atoms with Crippen molar-refractivity contribution in [2.45, 2.75) is 26.8 Å². The van der Waals surface area contributed by atoms with Crippen LogP contribution in [0.4, 0.5) is 5.82 Å². The molecule has 3 rings (SSSR count). The molecule has 0 radical (unpaired) electrons. The smallest absolute Gasteiger partial charge is 0.224 e. The summed E-state index contributed by atoms with van der Waals surface area (Å²) in [5.41, 5.74) is 7.83. The zero-order valence-electron chi connectivity index (χ0n) is 13.1. The fourth-order valence-electron chi connectivity index (χ4n) is 2.40. The van der Waals surface area contributed by atoms with E-state index in [0.29, 0.717) is 19.0 Å². The molecule has 23 heavy (non-hydrogen) atoms. The van der Waals surface area contributed by atoms with Gasteiger partial charge in [-0.25, -0.2) is 4.98 Å². The number of aryl methyl sites for hydroxylation is 1. The van der Waals surface area contributed by atoms with Gasteiger partial charge < -0.3 is 15.5 Å². The Morgan fingerprint density at radius 2 is 2.26 bits per heavy atom. The lowest BCUT2D eigenvalue weighted by Gasteiger charge is -2.06. The van der Waals surface area contributed by atoms with Crippen LogP contribution in [0.5, 0.6) is 0 Å². The van der Waals surface area contributed by atoms with Crippen LogP contribution in [0.3, 0.4) is 0 Å². The highest BCUT2D eigenvalue weighted by atomic mass is 35.5. The molecule has 7 heteroatoms. The van der Waals surface area contributed by atoms with Crippen molar-refractivity contribution in [3.8, 4) is 0 Å². The minimum Gasteiger partial charge on any atom is -0.467 e. The molecule has 3 heterocycles. The van der Waals surface area contributed by atoms with Gasteiger partial charge in [0.2, 0.25) is 5.28 Å². The predicted octanol–water partition coefficient (Wildman–Crippen LogP) is 4.00.